The van der Waals surface area contributed by atoms with Gasteiger partial charge in [-0.05, 0) is 55.8 Å². The largest absolute Gasteiger partial charge is 0.336 e. The number of amides is 1. The van der Waals surface area contributed by atoms with Gasteiger partial charge in [0.15, 0.2) is 0 Å². The lowest BCUT2D eigenvalue weighted by molar-refractivity contribution is -0.116. The third-order valence-corrected chi connectivity index (χ3v) is 7.10. The summed E-state index contributed by atoms with van der Waals surface area (Å²) >= 11 is 7.31. The fourth-order valence-corrected chi connectivity index (χ4v) is 5.36. The van der Waals surface area contributed by atoms with Crippen LogP contribution in [0.25, 0.3) is 26.0 Å². The van der Waals surface area contributed by atoms with Crippen LogP contribution >= 0.6 is 22.9 Å². The number of carbonyl (C=O) groups is 1. The van der Waals surface area contributed by atoms with E-state index < -0.39 is 11.2 Å². The van der Waals surface area contributed by atoms with Crippen molar-refractivity contribution in [3.8, 4) is 5.69 Å². The van der Waals surface area contributed by atoms with E-state index in [1.54, 1.807) is 24.3 Å². The van der Waals surface area contributed by atoms with Crippen molar-refractivity contribution < 1.29 is 4.79 Å². The summed E-state index contributed by atoms with van der Waals surface area (Å²) in [5.41, 5.74) is 2.56. The number of aryl methyl sites for hydroxylation is 2. The van der Waals surface area contributed by atoms with Gasteiger partial charge in [0.05, 0.1) is 11.2 Å². The van der Waals surface area contributed by atoms with Crippen LogP contribution in [-0.4, -0.2) is 15.0 Å². The molecule has 0 unspecified atom stereocenters. The second-order valence-corrected chi connectivity index (χ2v) is 9.62. The SMILES string of the molecule is Cc1ccc(NC(=O)Cn2c(=O)n(-c3ccc(Cl)cc3)c(=O)c3sc4ccccc4c32)c(C)c1. The summed E-state index contributed by atoms with van der Waals surface area (Å²) in [5, 5.41) is 4.16. The molecule has 0 aliphatic heterocycles. The van der Waals surface area contributed by atoms with Crippen molar-refractivity contribution in [2.75, 3.05) is 5.32 Å². The van der Waals surface area contributed by atoms with E-state index in [9.17, 15) is 14.4 Å². The molecule has 6 nitrogen and oxygen atoms in total. The van der Waals surface area contributed by atoms with Gasteiger partial charge in [-0.3, -0.25) is 14.2 Å². The molecular formula is C26H20ClN3O3S. The fourth-order valence-electron chi connectivity index (χ4n) is 4.10. The summed E-state index contributed by atoms with van der Waals surface area (Å²) in [4.78, 5) is 40.2. The average Bonchev–Trinajstić information content (AvgIpc) is 3.20. The molecule has 0 aliphatic rings. The maximum atomic E-state index is 13.6. The number of thiophene rings is 1. The zero-order valence-corrected chi connectivity index (χ0v) is 20.0. The Balaban J connectivity index is 1.70. The van der Waals surface area contributed by atoms with Gasteiger partial charge in [-0.1, -0.05) is 47.5 Å². The number of aromatic nitrogens is 2. The second-order valence-electron chi connectivity index (χ2n) is 8.13. The van der Waals surface area contributed by atoms with Gasteiger partial charge < -0.3 is 5.32 Å². The van der Waals surface area contributed by atoms with E-state index in [2.05, 4.69) is 5.32 Å². The first-order valence-corrected chi connectivity index (χ1v) is 11.8. The van der Waals surface area contributed by atoms with Gasteiger partial charge in [0.2, 0.25) is 5.91 Å². The highest BCUT2D eigenvalue weighted by atomic mass is 35.5. The molecule has 0 atom stereocenters. The minimum Gasteiger partial charge on any atom is -0.324 e. The predicted octanol–water partition coefficient (Wildman–Crippen LogP) is 5.28. The Morgan fingerprint density at radius 3 is 2.47 bits per heavy atom. The predicted molar refractivity (Wildman–Crippen MR) is 139 cm³/mol. The van der Waals surface area contributed by atoms with E-state index in [0.29, 0.717) is 26.6 Å². The minimum atomic E-state index is -0.584. The van der Waals surface area contributed by atoms with Gasteiger partial charge in [-0.25, -0.2) is 9.36 Å². The van der Waals surface area contributed by atoms with Crippen molar-refractivity contribution in [2.24, 2.45) is 0 Å². The molecule has 170 valence electrons. The monoisotopic (exact) mass is 489 g/mol. The summed E-state index contributed by atoms with van der Waals surface area (Å²) < 4.78 is 3.75. The molecule has 5 rings (SSSR count). The Morgan fingerprint density at radius 1 is 1.00 bits per heavy atom. The normalized spacial score (nSPS) is 11.3. The van der Waals surface area contributed by atoms with Gasteiger partial charge in [0.1, 0.15) is 11.2 Å². The van der Waals surface area contributed by atoms with Crippen LogP contribution in [0.1, 0.15) is 11.1 Å². The molecule has 5 aromatic rings. The smallest absolute Gasteiger partial charge is 0.324 e. The Kier molecular flexibility index (Phi) is 5.59. The van der Waals surface area contributed by atoms with E-state index in [4.69, 9.17) is 11.6 Å². The van der Waals surface area contributed by atoms with Gasteiger partial charge >= 0.3 is 5.69 Å². The summed E-state index contributed by atoms with van der Waals surface area (Å²) in [6.07, 6.45) is 0. The molecule has 1 N–H and O–H groups in total. The number of hydrogen-bond donors (Lipinski definition) is 1. The maximum absolute atomic E-state index is 13.6. The summed E-state index contributed by atoms with van der Waals surface area (Å²) in [5.74, 6) is -0.355. The lowest BCUT2D eigenvalue weighted by Crippen LogP contribution is -2.40. The van der Waals surface area contributed by atoms with Crippen LogP contribution in [-0.2, 0) is 11.3 Å². The van der Waals surface area contributed by atoms with Crippen molar-refractivity contribution in [3.05, 3.63) is 104 Å². The molecule has 3 aromatic carbocycles. The molecule has 0 saturated carbocycles. The van der Waals surface area contributed by atoms with Crippen LogP contribution in [0.15, 0.2) is 76.3 Å². The van der Waals surface area contributed by atoms with E-state index in [-0.39, 0.29) is 12.5 Å². The van der Waals surface area contributed by atoms with Crippen LogP contribution in [0.2, 0.25) is 5.02 Å². The number of anilines is 1. The Morgan fingerprint density at radius 2 is 1.74 bits per heavy atom. The first-order valence-electron chi connectivity index (χ1n) is 10.6. The van der Waals surface area contributed by atoms with Crippen molar-refractivity contribution in [1.29, 1.82) is 0 Å². The summed E-state index contributed by atoms with van der Waals surface area (Å²) in [7, 11) is 0. The van der Waals surface area contributed by atoms with Crippen molar-refractivity contribution in [1.82, 2.24) is 9.13 Å². The number of nitrogens with one attached hydrogen (secondary N) is 1. The van der Waals surface area contributed by atoms with Crippen molar-refractivity contribution in [3.63, 3.8) is 0 Å². The topological polar surface area (TPSA) is 73.1 Å². The molecular weight excluding hydrogens is 470 g/mol. The Bertz CT molecular complexity index is 1700. The number of rotatable bonds is 4. The number of halogens is 1. The first-order chi connectivity index (χ1) is 16.3. The van der Waals surface area contributed by atoms with Crippen molar-refractivity contribution >= 4 is 54.8 Å². The summed E-state index contributed by atoms with van der Waals surface area (Å²) in [6, 6.07) is 19.7. The minimum absolute atomic E-state index is 0.239. The van der Waals surface area contributed by atoms with Gasteiger partial charge in [0.25, 0.3) is 5.56 Å². The van der Waals surface area contributed by atoms with Crippen LogP contribution in [0.3, 0.4) is 0 Å². The molecule has 0 saturated heterocycles. The molecule has 1 amide bonds. The fraction of sp³-hybridized carbons (Fsp3) is 0.115. The highest BCUT2D eigenvalue weighted by Gasteiger charge is 2.21. The third kappa shape index (κ3) is 3.83. The highest BCUT2D eigenvalue weighted by molar-refractivity contribution is 7.25. The zero-order valence-electron chi connectivity index (χ0n) is 18.5. The lowest BCUT2D eigenvalue weighted by atomic mass is 10.1. The molecule has 34 heavy (non-hydrogen) atoms. The van der Waals surface area contributed by atoms with E-state index in [1.165, 1.54) is 15.9 Å². The molecule has 0 radical (unpaired) electrons. The molecule has 0 spiro atoms. The molecule has 2 heterocycles. The standard InChI is InChI=1S/C26H20ClN3O3S/c1-15-7-12-20(16(2)13-15)28-22(31)14-29-23-19-5-3-4-6-21(19)34-24(23)25(32)30(26(29)33)18-10-8-17(27)9-11-18/h3-13H,14H2,1-2H3,(H,28,31). The summed E-state index contributed by atoms with van der Waals surface area (Å²) in [6.45, 7) is 3.66. The number of carbonyl (C=O) groups excluding carboxylic acids is 1. The molecule has 2 aromatic heterocycles. The average molecular weight is 490 g/mol. The quantitative estimate of drug-likeness (QED) is 0.373. The second kappa shape index (κ2) is 8.59. The lowest BCUT2D eigenvalue weighted by Gasteiger charge is -2.14. The molecule has 0 bridgehead atoms. The zero-order chi connectivity index (χ0) is 24.0. The Hall–Kier alpha value is -3.68. The van der Waals surface area contributed by atoms with Crippen molar-refractivity contribution in [2.45, 2.75) is 20.4 Å². The van der Waals surface area contributed by atoms with Gasteiger partial charge in [-0.2, -0.15) is 0 Å². The van der Waals surface area contributed by atoms with Crippen LogP contribution < -0.4 is 16.6 Å². The maximum Gasteiger partial charge on any atom is 0.336 e. The number of hydrogen-bond acceptors (Lipinski definition) is 4. The number of nitrogens with zero attached hydrogens (tertiary/aromatic N) is 2. The molecule has 8 heteroatoms. The van der Waals surface area contributed by atoms with E-state index in [1.807, 2.05) is 56.3 Å². The number of fused-ring (bicyclic) bond motifs is 3. The van der Waals surface area contributed by atoms with Gasteiger partial charge in [-0.15, -0.1) is 11.3 Å². The molecule has 0 aliphatic carbocycles. The van der Waals surface area contributed by atoms with E-state index >= 15 is 0 Å². The highest BCUT2D eigenvalue weighted by Crippen LogP contribution is 2.31. The van der Waals surface area contributed by atoms with Crippen LogP contribution in [0, 0.1) is 13.8 Å². The first kappa shape index (κ1) is 22.1. The van der Waals surface area contributed by atoms with Crippen LogP contribution in [0.5, 0.6) is 0 Å². The number of benzene rings is 3. The Labute approximate surface area is 203 Å². The third-order valence-electron chi connectivity index (χ3n) is 5.70. The van der Waals surface area contributed by atoms with Gasteiger partial charge in [0, 0.05) is 20.8 Å². The molecule has 0 fully saturated rings. The van der Waals surface area contributed by atoms with Crippen LogP contribution in [0.4, 0.5) is 5.69 Å². The van der Waals surface area contributed by atoms with E-state index in [0.717, 1.165) is 25.8 Å².